The van der Waals surface area contributed by atoms with Crippen LogP contribution in [-0.4, -0.2) is 51.9 Å². The summed E-state index contributed by atoms with van der Waals surface area (Å²) >= 11 is 0. The molecule has 1 saturated heterocycles. The van der Waals surface area contributed by atoms with E-state index in [1.54, 1.807) is 12.1 Å². The van der Waals surface area contributed by atoms with Crippen LogP contribution < -0.4 is 5.32 Å². The molecular formula is C19H19FN6O3S. The molecule has 1 N–H and O–H groups in total. The molecule has 1 amide bonds. The van der Waals surface area contributed by atoms with Crippen LogP contribution in [0.15, 0.2) is 59.8 Å². The van der Waals surface area contributed by atoms with Gasteiger partial charge in [0.05, 0.1) is 16.5 Å². The number of hydrogen-bond acceptors (Lipinski definition) is 6. The number of anilines is 1. The largest absolute Gasteiger partial charge is 0.326 e. The van der Waals surface area contributed by atoms with E-state index in [9.17, 15) is 17.6 Å². The summed E-state index contributed by atoms with van der Waals surface area (Å²) in [6, 6.07) is 11.7. The molecule has 1 aliphatic heterocycles. The zero-order valence-electron chi connectivity index (χ0n) is 15.8. The highest BCUT2D eigenvalue weighted by molar-refractivity contribution is 7.89. The Balaban J connectivity index is 1.46. The number of hydrogen-bond donors (Lipinski definition) is 1. The Labute approximate surface area is 172 Å². The summed E-state index contributed by atoms with van der Waals surface area (Å²) in [5.74, 6) is -1.16. The first-order valence-electron chi connectivity index (χ1n) is 9.33. The third kappa shape index (κ3) is 4.21. The smallest absolute Gasteiger partial charge is 0.243 e. The molecular weight excluding hydrogens is 411 g/mol. The molecule has 0 radical (unpaired) electrons. The maximum absolute atomic E-state index is 13.1. The van der Waals surface area contributed by atoms with Crippen LogP contribution in [-0.2, 0) is 14.8 Å². The lowest BCUT2D eigenvalue weighted by molar-refractivity contribution is -0.120. The van der Waals surface area contributed by atoms with E-state index < -0.39 is 21.8 Å². The Morgan fingerprint density at radius 3 is 2.50 bits per heavy atom. The predicted octanol–water partition coefficient (Wildman–Crippen LogP) is 1.84. The first-order chi connectivity index (χ1) is 14.4. The molecule has 3 aromatic rings. The van der Waals surface area contributed by atoms with Gasteiger partial charge in [0.1, 0.15) is 12.1 Å². The topological polar surface area (TPSA) is 110 Å². The van der Waals surface area contributed by atoms with Crippen LogP contribution in [0.3, 0.4) is 0 Å². The quantitative estimate of drug-likeness (QED) is 0.661. The molecule has 11 heteroatoms. The zero-order chi connectivity index (χ0) is 21.1. The van der Waals surface area contributed by atoms with Gasteiger partial charge in [-0.3, -0.25) is 4.79 Å². The van der Waals surface area contributed by atoms with Crippen LogP contribution in [0, 0.1) is 11.7 Å². The minimum atomic E-state index is -3.75. The molecule has 4 rings (SSSR count). The van der Waals surface area contributed by atoms with E-state index in [1.807, 2.05) is 0 Å². The molecule has 30 heavy (non-hydrogen) atoms. The van der Waals surface area contributed by atoms with E-state index >= 15 is 0 Å². The summed E-state index contributed by atoms with van der Waals surface area (Å²) in [7, 11) is -3.75. The minimum Gasteiger partial charge on any atom is -0.326 e. The molecule has 0 unspecified atom stereocenters. The highest BCUT2D eigenvalue weighted by atomic mass is 32.2. The van der Waals surface area contributed by atoms with Crippen molar-refractivity contribution in [3.05, 3.63) is 60.7 Å². The summed E-state index contributed by atoms with van der Waals surface area (Å²) in [5.41, 5.74) is 1.11. The lowest BCUT2D eigenvalue weighted by atomic mass is 9.99. The Hall–Kier alpha value is -3.18. The number of halogens is 1. The number of piperidine rings is 1. The first kappa shape index (κ1) is 20.1. The maximum atomic E-state index is 13.1. The molecule has 9 nitrogen and oxygen atoms in total. The van der Waals surface area contributed by atoms with Crippen molar-refractivity contribution < 1.29 is 17.6 Å². The van der Waals surface area contributed by atoms with Crippen LogP contribution >= 0.6 is 0 Å². The number of benzene rings is 2. The first-order valence-corrected chi connectivity index (χ1v) is 10.8. The van der Waals surface area contributed by atoms with Crippen LogP contribution in [0.1, 0.15) is 12.8 Å². The Bertz CT molecular complexity index is 1120. The Kier molecular flexibility index (Phi) is 5.55. The average molecular weight is 430 g/mol. The molecule has 0 bridgehead atoms. The number of aromatic nitrogens is 4. The van der Waals surface area contributed by atoms with Crippen molar-refractivity contribution in [3.8, 4) is 5.69 Å². The van der Waals surface area contributed by atoms with Crippen molar-refractivity contribution in [2.75, 3.05) is 18.4 Å². The molecule has 156 valence electrons. The lowest BCUT2D eigenvalue weighted by Crippen LogP contribution is -2.43. The van der Waals surface area contributed by atoms with Crippen molar-refractivity contribution in [3.63, 3.8) is 0 Å². The minimum absolute atomic E-state index is 0.0874. The predicted molar refractivity (Wildman–Crippen MR) is 106 cm³/mol. The molecule has 0 saturated carbocycles. The van der Waals surface area contributed by atoms with Crippen LogP contribution in [0.25, 0.3) is 5.69 Å². The normalized spacial score (nSPS) is 17.6. The highest BCUT2D eigenvalue weighted by Crippen LogP contribution is 2.25. The van der Waals surface area contributed by atoms with Gasteiger partial charge in [0.2, 0.25) is 15.9 Å². The number of sulfonamides is 1. The van der Waals surface area contributed by atoms with Crippen molar-refractivity contribution in [1.29, 1.82) is 0 Å². The second-order valence-electron chi connectivity index (χ2n) is 6.95. The van der Waals surface area contributed by atoms with Crippen LogP contribution in [0.4, 0.5) is 10.1 Å². The van der Waals surface area contributed by atoms with E-state index in [2.05, 4.69) is 20.8 Å². The second kappa shape index (κ2) is 8.28. The molecule has 1 atom stereocenters. The maximum Gasteiger partial charge on any atom is 0.243 e. The molecule has 2 aromatic carbocycles. The van der Waals surface area contributed by atoms with Gasteiger partial charge < -0.3 is 5.32 Å². The summed E-state index contributed by atoms with van der Waals surface area (Å²) in [6.07, 6.45) is 2.57. The number of rotatable bonds is 5. The molecule has 0 spiro atoms. The summed E-state index contributed by atoms with van der Waals surface area (Å²) in [6.45, 7) is 0.432. The number of carbonyl (C=O) groups is 1. The molecule has 1 fully saturated rings. The van der Waals surface area contributed by atoms with Gasteiger partial charge in [-0.2, -0.15) is 4.31 Å². The standard InChI is InChI=1S/C19H19FN6O3S/c20-15-3-5-16(6-4-15)22-19(27)14-2-1-11-25(12-14)30(28,29)18-9-7-17(8-10-18)26-13-21-23-24-26/h3-10,13-14H,1-2,11-12H2,(H,22,27)/t14-/m1/s1. The van der Waals surface area contributed by atoms with Gasteiger partial charge in [-0.05, 0) is 71.8 Å². The second-order valence-corrected chi connectivity index (χ2v) is 8.88. The number of nitrogens with zero attached hydrogens (tertiary/aromatic N) is 5. The Morgan fingerprint density at radius 1 is 1.10 bits per heavy atom. The van der Waals surface area contributed by atoms with E-state index in [0.717, 1.165) is 0 Å². The highest BCUT2D eigenvalue weighted by Gasteiger charge is 2.33. The van der Waals surface area contributed by atoms with Crippen molar-refractivity contribution in [1.82, 2.24) is 24.5 Å². The summed E-state index contributed by atoms with van der Waals surface area (Å²) in [5, 5.41) is 13.6. The molecule has 0 aliphatic carbocycles. The molecule has 1 aromatic heterocycles. The third-order valence-corrected chi connectivity index (χ3v) is 6.83. The number of tetrazole rings is 1. The third-order valence-electron chi connectivity index (χ3n) is 4.95. The molecule has 2 heterocycles. The number of amides is 1. The zero-order valence-corrected chi connectivity index (χ0v) is 16.7. The van der Waals surface area contributed by atoms with Crippen LogP contribution in [0.2, 0.25) is 0 Å². The fraction of sp³-hybridized carbons (Fsp3) is 0.263. The fourth-order valence-electron chi connectivity index (χ4n) is 3.35. The van der Waals surface area contributed by atoms with Gasteiger partial charge in [0.15, 0.2) is 0 Å². The Morgan fingerprint density at radius 2 is 1.83 bits per heavy atom. The van der Waals surface area contributed by atoms with Crippen molar-refractivity contribution >= 4 is 21.6 Å². The van der Waals surface area contributed by atoms with Crippen LogP contribution in [0.5, 0.6) is 0 Å². The van der Waals surface area contributed by atoms with Gasteiger partial charge in [0, 0.05) is 18.8 Å². The van der Waals surface area contributed by atoms with Gasteiger partial charge in [-0.15, -0.1) is 5.10 Å². The van der Waals surface area contributed by atoms with E-state index in [4.69, 9.17) is 0 Å². The lowest BCUT2D eigenvalue weighted by Gasteiger charge is -2.31. The van der Waals surface area contributed by atoms with E-state index in [1.165, 1.54) is 51.7 Å². The van der Waals surface area contributed by atoms with Crippen molar-refractivity contribution in [2.24, 2.45) is 5.92 Å². The van der Waals surface area contributed by atoms with Gasteiger partial charge in [-0.25, -0.2) is 17.5 Å². The SMILES string of the molecule is O=C(Nc1ccc(F)cc1)[C@@H]1CCCN(S(=O)(=O)c2ccc(-n3cnnn3)cc2)C1. The average Bonchev–Trinajstić information content (AvgIpc) is 3.30. The van der Waals surface area contributed by atoms with Gasteiger partial charge in [-0.1, -0.05) is 0 Å². The molecule has 1 aliphatic rings. The van der Waals surface area contributed by atoms with E-state index in [0.29, 0.717) is 30.8 Å². The summed E-state index contributed by atoms with van der Waals surface area (Å²) in [4.78, 5) is 12.7. The van der Waals surface area contributed by atoms with E-state index in [-0.39, 0.29) is 17.3 Å². The van der Waals surface area contributed by atoms with Gasteiger partial charge in [0.25, 0.3) is 0 Å². The summed E-state index contributed by atoms with van der Waals surface area (Å²) < 4.78 is 41.9. The number of nitrogens with one attached hydrogen (secondary N) is 1. The van der Waals surface area contributed by atoms with Gasteiger partial charge >= 0.3 is 0 Å². The fourth-order valence-corrected chi connectivity index (χ4v) is 4.88. The van der Waals surface area contributed by atoms with Crippen molar-refractivity contribution in [2.45, 2.75) is 17.7 Å². The monoisotopic (exact) mass is 430 g/mol. The number of carbonyl (C=O) groups excluding carboxylic acids is 1.